The minimum absolute atomic E-state index is 0.240. The van der Waals surface area contributed by atoms with Crippen LogP contribution in [0.25, 0.3) is 0 Å². The van der Waals surface area contributed by atoms with E-state index in [2.05, 4.69) is 4.72 Å². The van der Waals surface area contributed by atoms with E-state index in [0.717, 1.165) is 12.8 Å². The lowest BCUT2D eigenvalue weighted by Gasteiger charge is -2.21. The first-order chi connectivity index (χ1) is 7.64. The molecule has 0 bridgehead atoms. The van der Waals surface area contributed by atoms with Gasteiger partial charge in [0, 0.05) is 6.54 Å². The van der Waals surface area contributed by atoms with Gasteiger partial charge in [0.25, 0.3) is 0 Å². The summed E-state index contributed by atoms with van der Waals surface area (Å²) >= 11 is 0. The van der Waals surface area contributed by atoms with Crippen molar-refractivity contribution in [1.29, 1.82) is 0 Å². The van der Waals surface area contributed by atoms with Crippen LogP contribution in [0.5, 0.6) is 0 Å². The first-order valence-electron chi connectivity index (χ1n) is 5.84. The molecule has 0 aromatic carbocycles. The van der Waals surface area contributed by atoms with E-state index in [1.165, 1.54) is 19.3 Å². The van der Waals surface area contributed by atoms with E-state index >= 15 is 0 Å². The van der Waals surface area contributed by atoms with Gasteiger partial charge in [0.2, 0.25) is 10.0 Å². The zero-order chi connectivity index (χ0) is 11.9. The number of ether oxygens (including phenoxy) is 1. The summed E-state index contributed by atoms with van der Waals surface area (Å²) in [7, 11) is -3.31. The van der Waals surface area contributed by atoms with Gasteiger partial charge in [-0.05, 0) is 12.8 Å². The Morgan fingerprint density at radius 3 is 2.56 bits per heavy atom. The number of aliphatic hydroxyl groups is 1. The SMILES string of the molecule is O=S(=O)(CCO)NCCOC1CCCCC1. The van der Waals surface area contributed by atoms with Gasteiger partial charge in [-0.25, -0.2) is 13.1 Å². The smallest absolute Gasteiger partial charge is 0.213 e. The minimum Gasteiger partial charge on any atom is -0.395 e. The van der Waals surface area contributed by atoms with Crippen LogP contribution in [0.3, 0.4) is 0 Å². The Bertz CT molecular complexity index is 273. The van der Waals surface area contributed by atoms with Crippen molar-refractivity contribution in [2.75, 3.05) is 25.5 Å². The van der Waals surface area contributed by atoms with E-state index in [9.17, 15) is 8.42 Å². The highest BCUT2D eigenvalue weighted by Gasteiger charge is 2.14. The Morgan fingerprint density at radius 2 is 1.94 bits per heavy atom. The van der Waals surface area contributed by atoms with Crippen molar-refractivity contribution in [3.63, 3.8) is 0 Å². The lowest BCUT2D eigenvalue weighted by Crippen LogP contribution is -2.32. The van der Waals surface area contributed by atoms with Crippen LogP contribution in [-0.2, 0) is 14.8 Å². The molecule has 0 saturated heterocycles. The lowest BCUT2D eigenvalue weighted by molar-refractivity contribution is 0.0321. The van der Waals surface area contributed by atoms with Gasteiger partial charge in [-0.3, -0.25) is 0 Å². The van der Waals surface area contributed by atoms with Crippen molar-refractivity contribution < 1.29 is 18.3 Å². The van der Waals surface area contributed by atoms with Crippen LogP contribution in [0.15, 0.2) is 0 Å². The first kappa shape index (κ1) is 13.9. The third-order valence-electron chi connectivity index (χ3n) is 2.69. The molecular formula is C10H21NO4S. The number of sulfonamides is 1. The molecule has 0 spiro atoms. The third kappa shape index (κ3) is 5.79. The van der Waals surface area contributed by atoms with Gasteiger partial charge < -0.3 is 9.84 Å². The molecule has 1 rings (SSSR count). The summed E-state index contributed by atoms with van der Waals surface area (Å²) in [4.78, 5) is 0. The van der Waals surface area contributed by atoms with Crippen molar-refractivity contribution in [3.8, 4) is 0 Å². The quantitative estimate of drug-likeness (QED) is 0.636. The number of hydrogen-bond donors (Lipinski definition) is 2. The third-order valence-corrected chi connectivity index (χ3v) is 4.05. The van der Waals surface area contributed by atoms with Crippen LogP contribution in [0.4, 0.5) is 0 Å². The monoisotopic (exact) mass is 251 g/mol. The number of rotatable bonds is 7. The molecule has 2 N–H and O–H groups in total. The second kappa shape index (κ2) is 7.21. The molecule has 1 saturated carbocycles. The topological polar surface area (TPSA) is 75.6 Å². The number of hydrogen-bond acceptors (Lipinski definition) is 4. The molecule has 96 valence electrons. The molecule has 0 aliphatic heterocycles. The summed E-state index contributed by atoms with van der Waals surface area (Å²) in [6.07, 6.45) is 6.17. The van der Waals surface area contributed by atoms with Crippen molar-refractivity contribution in [2.45, 2.75) is 38.2 Å². The van der Waals surface area contributed by atoms with Gasteiger partial charge in [0.05, 0.1) is 25.1 Å². The van der Waals surface area contributed by atoms with Crippen LogP contribution in [0.2, 0.25) is 0 Å². The molecule has 1 aliphatic carbocycles. The summed E-state index contributed by atoms with van der Waals surface area (Å²) in [5.41, 5.74) is 0. The molecule has 1 fully saturated rings. The molecule has 0 atom stereocenters. The van der Waals surface area contributed by atoms with Crippen LogP contribution in [-0.4, -0.2) is 45.1 Å². The predicted molar refractivity (Wildman–Crippen MR) is 61.7 cm³/mol. The molecule has 0 heterocycles. The van der Waals surface area contributed by atoms with Crippen molar-refractivity contribution in [3.05, 3.63) is 0 Å². The molecule has 0 amide bonds. The zero-order valence-corrected chi connectivity index (χ0v) is 10.3. The molecule has 0 aromatic rings. The van der Waals surface area contributed by atoms with Gasteiger partial charge in [-0.1, -0.05) is 19.3 Å². The highest BCUT2D eigenvalue weighted by atomic mass is 32.2. The van der Waals surface area contributed by atoms with E-state index in [1.54, 1.807) is 0 Å². The minimum atomic E-state index is -3.31. The van der Waals surface area contributed by atoms with E-state index in [1.807, 2.05) is 0 Å². The van der Waals surface area contributed by atoms with Gasteiger partial charge >= 0.3 is 0 Å². The van der Waals surface area contributed by atoms with Crippen molar-refractivity contribution >= 4 is 10.0 Å². The van der Waals surface area contributed by atoms with E-state index in [-0.39, 0.29) is 12.4 Å². The Labute approximate surface area is 97.2 Å². The second-order valence-electron chi connectivity index (χ2n) is 4.07. The second-order valence-corrected chi connectivity index (χ2v) is 5.99. The molecule has 16 heavy (non-hydrogen) atoms. The molecule has 6 heteroatoms. The molecule has 0 unspecified atom stereocenters. The first-order valence-corrected chi connectivity index (χ1v) is 7.49. The lowest BCUT2D eigenvalue weighted by atomic mass is 9.98. The largest absolute Gasteiger partial charge is 0.395 e. The standard InChI is InChI=1S/C10H21NO4S/c12-7-9-16(13,14)11-6-8-15-10-4-2-1-3-5-10/h10-12H,1-9H2. The highest BCUT2D eigenvalue weighted by Crippen LogP contribution is 2.19. The summed E-state index contributed by atoms with van der Waals surface area (Å²) in [6.45, 7) is 0.354. The van der Waals surface area contributed by atoms with E-state index in [4.69, 9.17) is 9.84 Å². The van der Waals surface area contributed by atoms with Gasteiger partial charge in [0.1, 0.15) is 0 Å². The Hall–Kier alpha value is -0.170. The molecule has 1 aliphatic rings. The Morgan fingerprint density at radius 1 is 1.25 bits per heavy atom. The summed E-state index contributed by atoms with van der Waals surface area (Å²) < 4.78 is 30.3. The molecule has 0 aromatic heterocycles. The van der Waals surface area contributed by atoms with E-state index < -0.39 is 10.0 Å². The molecular weight excluding hydrogens is 230 g/mol. The normalized spacial score (nSPS) is 18.8. The number of nitrogens with one attached hydrogen (secondary N) is 1. The van der Waals surface area contributed by atoms with Gasteiger partial charge in [-0.2, -0.15) is 0 Å². The highest BCUT2D eigenvalue weighted by molar-refractivity contribution is 7.89. The van der Waals surface area contributed by atoms with Gasteiger partial charge in [0.15, 0.2) is 0 Å². The van der Waals surface area contributed by atoms with Crippen molar-refractivity contribution in [1.82, 2.24) is 4.72 Å². The van der Waals surface area contributed by atoms with E-state index in [0.29, 0.717) is 19.3 Å². The average molecular weight is 251 g/mol. The Balaban J connectivity index is 2.06. The maximum absolute atomic E-state index is 11.2. The average Bonchev–Trinajstić information content (AvgIpc) is 2.26. The van der Waals surface area contributed by atoms with Crippen molar-refractivity contribution in [2.24, 2.45) is 0 Å². The summed E-state index contributed by atoms with van der Waals surface area (Å²) in [5, 5.41) is 8.51. The summed E-state index contributed by atoms with van der Waals surface area (Å²) in [5.74, 6) is -0.240. The molecule has 5 nitrogen and oxygen atoms in total. The van der Waals surface area contributed by atoms with Crippen LogP contribution < -0.4 is 4.72 Å². The number of aliphatic hydroxyl groups excluding tert-OH is 1. The van der Waals surface area contributed by atoms with Crippen LogP contribution in [0.1, 0.15) is 32.1 Å². The fourth-order valence-corrected chi connectivity index (χ4v) is 2.63. The Kier molecular flexibility index (Phi) is 6.26. The zero-order valence-electron chi connectivity index (χ0n) is 9.52. The predicted octanol–water partition coefficient (Wildman–Crippen LogP) is 0.247. The van der Waals surface area contributed by atoms with Crippen LogP contribution >= 0.6 is 0 Å². The van der Waals surface area contributed by atoms with Crippen LogP contribution in [0, 0.1) is 0 Å². The fraction of sp³-hybridized carbons (Fsp3) is 1.00. The maximum Gasteiger partial charge on any atom is 0.213 e. The molecule has 0 radical (unpaired) electrons. The summed E-state index contributed by atoms with van der Waals surface area (Å²) in [6, 6.07) is 0. The fourth-order valence-electron chi connectivity index (χ4n) is 1.85. The van der Waals surface area contributed by atoms with Gasteiger partial charge in [-0.15, -0.1) is 0 Å². The maximum atomic E-state index is 11.2.